The summed E-state index contributed by atoms with van der Waals surface area (Å²) < 4.78 is 0. The molecule has 0 unspecified atom stereocenters. The van der Waals surface area contributed by atoms with Gasteiger partial charge in [0.15, 0.2) is 0 Å². The summed E-state index contributed by atoms with van der Waals surface area (Å²) in [7, 11) is 0. The van der Waals surface area contributed by atoms with Crippen molar-refractivity contribution in [1.82, 2.24) is 4.98 Å². The maximum atomic E-state index is 3.24. The molecule has 1 N–H and O–H groups in total. The maximum Gasteiger partial charge on any atom is 0.0148 e. The van der Waals surface area contributed by atoms with Gasteiger partial charge in [0, 0.05) is 11.9 Å². The molecular formula is C18H19N. The summed E-state index contributed by atoms with van der Waals surface area (Å²) in [4.78, 5) is 3.24. The molecule has 1 heterocycles. The fourth-order valence-corrected chi connectivity index (χ4v) is 2.63. The average Bonchev–Trinajstić information content (AvgIpc) is 2.84. The maximum absolute atomic E-state index is 3.24. The molecule has 0 atom stereocenters. The number of H-pyrrole nitrogens is 1. The molecule has 3 aromatic rings. The molecule has 96 valence electrons. The lowest BCUT2D eigenvalue weighted by atomic mass is 10.0. The van der Waals surface area contributed by atoms with E-state index in [0.717, 1.165) is 12.8 Å². The van der Waals surface area contributed by atoms with Crippen LogP contribution in [-0.4, -0.2) is 4.98 Å². The molecule has 0 aliphatic carbocycles. The van der Waals surface area contributed by atoms with Crippen LogP contribution in [-0.2, 0) is 12.8 Å². The van der Waals surface area contributed by atoms with E-state index in [-0.39, 0.29) is 0 Å². The Morgan fingerprint density at radius 1 is 0.895 bits per heavy atom. The van der Waals surface area contributed by atoms with Crippen molar-refractivity contribution >= 4 is 10.8 Å². The van der Waals surface area contributed by atoms with Crippen LogP contribution >= 0.6 is 0 Å². The SMILES string of the molecule is Cc1[nH]ccc1CCCc1ccc2ccccc2c1. The highest BCUT2D eigenvalue weighted by Crippen LogP contribution is 2.17. The van der Waals surface area contributed by atoms with Gasteiger partial charge < -0.3 is 4.98 Å². The zero-order valence-corrected chi connectivity index (χ0v) is 11.3. The molecule has 0 aliphatic heterocycles. The lowest BCUT2D eigenvalue weighted by Crippen LogP contribution is -1.91. The van der Waals surface area contributed by atoms with Crippen LogP contribution in [0.15, 0.2) is 54.7 Å². The molecule has 0 amide bonds. The Kier molecular flexibility index (Phi) is 3.37. The van der Waals surface area contributed by atoms with Gasteiger partial charge in [-0.25, -0.2) is 0 Å². The van der Waals surface area contributed by atoms with Gasteiger partial charge >= 0.3 is 0 Å². The van der Waals surface area contributed by atoms with Crippen LogP contribution in [0.5, 0.6) is 0 Å². The Hall–Kier alpha value is -2.02. The van der Waals surface area contributed by atoms with Gasteiger partial charge in [-0.05, 0) is 54.2 Å². The van der Waals surface area contributed by atoms with Gasteiger partial charge in [0.2, 0.25) is 0 Å². The van der Waals surface area contributed by atoms with Crippen molar-refractivity contribution in [3.05, 3.63) is 71.5 Å². The first-order valence-electron chi connectivity index (χ1n) is 6.93. The van der Waals surface area contributed by atoms with Gasteiger partial charge in [0.05, 0.1) is 0 Å². The van der Waals surface area contributed by atoms with E-state index >= 15 is 0 Å². The number of rotatable bonds is 4. The minimum absolute atomic E-state index is 1.15. The normalized spacial score (nSPS) is 11.0. The van der Waals surface area contributed by atoms with Crippen molar-refractivity contribution in [1.29, 1.82) is 0 Å². The van der Waals surface area contributed by atoms with Gasteiger partial charge in [-0.15, -0.1) is 0 Å². The first-order chi connectivity index (χ1) is 9.33. The van der Waals surface area contributed by atoms with Crippen LogP contribution in [0.3, 0.4) is 0 Å². The summed E-state index contributed by atoms with van der Waals surface area (Å²) in [5, 5.41) is 2.67. The minimum atomic E-state index is 1.15. The Bertz CT molecular complexity index is 679. The highest BCUT2D eigenvalue weighted by molar-refractivity contribution is 5.82. The van der Waals surface area contributed by atoms with E-state index in [0.29, 0.717) is 0 Å². The largest absolute Gasteiger partial charge is 0.365 e. The molecule has 0 bridgehead atoms. The summed E-state index contributed by atoms with van der Waals surface area (Å²) in [5.41, 5.74) is 4.19. The summed E-state index contributed by atoms with van der Waals surface area (Å²) >= 11 is 0. The van der Waals surface area contributed by atoms with Crippen molar-refractivity contribution in [3.8, 4) is 0 Å². The predicted molar refractivity (Wildman–Crippen MR) is 81.5 cm³/mol. The van der Waals surface area contributed by atoms with E-state index in [1.165, 1.54) is 34.0 Å². The molecule has 0 saturated carbocycles. The third kappa shape index (κ3) is 2.70. The fourth-order valence-electron chi connectivity index (χ4n) is 2.63. The zero-order valence-electron chi connectivity index (χ0n) is 11.3. The van der Waals surface area contributed by atoms with Crippen LogP contribution in [0.2, 0.25) is 0 Å². The molecular weight excluding hydrogens is 230 g/mol. The monoisotopic (exact) mass is 249 g/mol. The Morgan fingerprint density at radius 2 is 1.74 bits per heavy atom. The van der Waals surface area contributed by atoms with Gasteiger partial charge in [-0.3, -0.25) is 0 Å². The molecule has 0 aliphatic rings. The third-order valence-corrected chi connectivity index (χ3v) is 3.79. The average molecular weight is 249 g/mol. The summed E-state index contributed by atoms with van der Waals surface area (Å²) in [5.74, 6) is 0. The second kappa shape index (κ2) is 5.31. The molecule has 3 rings (SSSR count). The third-order valence-electron chi connectivity index (χ3n) is 3.79. The Morgan fingerprint density at radius 3 is 2.53 bits per heavy atom. The summed E-state index contributed by atoms with van der Waals surface area (Å²) in [6, 6.07) is 17.6. The van der Waals surface area contributed by atoms with Crippen molar-refractivity contribution in [3.63, 3.8) is 0 Å². The molecule has 0 radical (unpaired) electrons. The van der Waals surface area contributed by atoms with E-state index in [1.54, 1.807) is 0 Å². The van der Waals surface area contributed by atoms with Crippen molar-refractivity contribution in [2.75, 3.05) is 0 Å². The first kappa shape index (κ1) is 12.0. The van der Waals surface area contributed by atoms with Crippen LogP contribution < -0.4 is 0 Å². The first-order valence-corrected chi connectivity index (χ1v) is 6.93. The molecule has 2 aromatic carbocycles. The molecule has 1 heteroatoms. The number of aromatic amines is 1. The number of hydrogen-bond acceptors (Lipinski definition) is 0. The number of aryl methyl sites for hydroxylation is 3. The van der Waals surface area contributed by atoms with Crippen molar-refractivity contribution in [2.45, 2.75) is 26.2 Å². The van der Waals surface area contributed by atoms with E-state index in [1.807, 2.05) is 6.20 Å². The fraction of sp³-hybridized carbons (Fsp3) is 0.222. The van der Waals surface area contributed by atoms with E-state index in [9.17, 15) is 0 Å². The second-order valence-electron chi connectivity index (χ2n) is 5.16. The van der Waals surface area contributed by atoms with E-state index < -0.39 is 0 Å². The quantitative estimate of drug-likeness (QED) is 0.692. The molecule has 19 heavy (non-hydrogen) atoms. The molecule has 0 fully saturated rings. The second-order valence-corrected chi connectivity index (χ2v) is 5.16. The van der Waals surface area contributed by atoms with Crippen LogP contribution in [0.25, 0.3) is 10.8 Å². The molecule has 0 saturated heterocycles. The molecule has 0 spiro atoms. The van der Waals surface area contributed by atoms with Crippen LogP contribution in [0.4, 0.5) is 0 Å². The highest BCUT2D eigenvalue weighted by Gasteiger charge is 2.00. The molecule has 1 aromatic heterocycles. The lowest BCUT2D eigenvalue weighted by molar-refractivity contribution is 0.817. The lowest BCUT2D eigenvalue weighted by Gasteiger charge is -2.04. The van der Waals surface area contributed by atoms with Gasteiger partial charge in [0.25, 0.3) is 0 Å². The van der Waals surface area contributed by atoms with E-state index in [4.69, 9.17) is 0 Å². The van der Waals surface area contributed by atoms with Gasteiger partial charge in [0.1, 0.15) is 0 Å². The summed E-state index contributed by atoms with van der Waals surface area (Å²) in [6.07, 6.45) is 5.54. The predicted octanol–water partition coefficient (Wildman–Crippen LogP) is 4.65. The Labute approximate surface area is 114 Å². The van der Waals surface area contributed by atoms with Gasteiger partial charge in [-0.2, -0.15) is 0 Å². The topological polar surface area (TPSA) is 15.8 Å². The Balaban J connectivity index is 1.67. The number of benzene rings is 2. The number of nitrogens with one attached hydrogen (secondary N) is 1. The van der Waals surface area contributed by atoms with Crippen molar-refractivity contribution in [2.24, 2.45) is 0 Å². The zero-order chi connectivity index (χ0) is 13.1. The molecule has 1 nitrogen and oxygen atoms in total. The number of hydrogen-bond donors (Lipinski definition) is 1. The van der Waals surface area contributed by atoms with Crippen LogP contribution in [0, 0.1) is 6.92 Å². The number of fused-ring (bicyclic) bond motifs is 1. The number of aromatic nitrogens is 1. The highest BCUT2D eigenvalue weighted by atomic mass is 14.7. The minimum Gasteiger partial charge on any atom is -0.365 e. The summed E-state index contributed by atoms with van der Waals surface area (Å²) in [6.45, 7) is 2.14. The van der Waals surface area contributed by atoms with E-state index in [2.05, 4.69) is 60.4 Å². The smallest absolute Gasteiger partial charge is 0.0148 e. The van der Waals surface area contributed by atoms with Gasteiger partial charge in [-0.1, -0.05) is 42.5 Å². The van der Waals surface area contributed by atoms with Crippen molar-refractivity contribution < 1.29 is 0 Å². The standard InChI is InChI=1S/C18H19N/c1-14-16(11-12-19-14)8-4-5-15-9-10-17-6-2-3-7-18(17)13-15/h2-3,6-7,9-13,19H,4-5,8H2,1H3. The van der Waals surface area contributed by atoms with Crippen LogP contribution in [0.1, 0.15) is 23.2 Å².